The quantitative estimate of drug-likeness (QED) is 0.844. The van der Waals surface area contributed by atoms with E-state index in [1.54, 1.807) is 10.9 Å². The van der Waals surface area contributed by atoms with Gasteiger partial charge in [-0.15, -0.1) is 0 Å². The number of carbonyl (C=O) groups is 1. The van der Waals surface area contributed by atoms with Crippen LogP contribution >= 0.6 is 0 Å². The Labute approximate surface area is 140 Å². The van der Waals surface area contributed by atoms with E-state index in [1.807, 2.05) is 25.4 Å². The number of carbonyl (C=O) groups excluding carboxylic acids is 1. The molecule has 7 nitrogen and oxygen atoms in total. The van der Waals surface area contributed by atoms with Gasteiger partial charge in [0.2, 0.25) is 0 Å². The minimum Gasteiger partial charge on any atom is -0.482 e. The molecule has 2 N–H and O–H groups in total. The molecule has 24 heavy (non-hydrogen) atoms. The third-order valence-electron chi connectivity index (χ3n) is 4.59. The van der Waals surface area contributed by atoms with Crippen molar-refractivity contribution in [1.82, 2.24) is 20.1 Å². The third-order valence-corrected chi connectivity index (χ3v) is 4.59. The van der Waals surface area contributed by atoms with Crippen molar-refractivity contribution in [2.75, 3.05) is 13.2 Å². The summed E-state index contributed by atoms with van der Waals surface area (Å²) in [6.07, 6.45) is 7.50. The van der Waals surface area contributed by atoms with Gasteiger partial charge in [0.1, 0.15) is 11.8 Å². The summed E-state index contributed by atoms with van der Waals surface area (Å²) in [5.74, 6) is 1.14. The molecule has 7 heteroatoms. The second kappa shape index (κ2) is 6.32. The van der Waals surface area contributed by atoms with Gasteiger partial charge in [-0.2, -0.15) is 5.10 Å². The number of aromatic nitrogens is 3. The maximum atomic E-state index is 12.6. The zero-order valence-corrected chi connectivity index (χ0v) is 13.7. The molecule has 2 fully saturated rings. The molecular weight excluding hydrogens is 308 g/mol. The monoisotopic (exact) mass is 330 g/mol. The Bertz CT molecular complexity index is 719. The van der Waals surface area contributed by atoms with Gasteiger partial charge in [0.25, 0.3) is 5.91 Å². The lowest BCUT2D eigenvalue weighted by Gasteiger charge is -2.19. The van der Waals surface area contributed by atoms with Crippen molar-refractivity contribution in [1.29, 1.82) is 0 Å². The molecule has 4 rings (SSSR count). The fraction of sp³-hybridized carbons (Fsp3) is 0.529. The van der Waals surface area contributed by atoms with Crippen LogP contribution < -0.4 is 10.1 Å². The lowest BCUT2D eigenvalue weighted by molar-refractivity contribution is 0.0898. The van der Waals surface area contributed by atoms with Crippen LogP contribution in [0.15, 0.2) is 24.7 Å². The first kappa shape index (κ1) is 15.3. The summed E-state index contributed by atoms with van der Waals surface area (Å²) < 4.78 is 13.3. The van der Waals surface area contributed by atoms with Crippen molar-refractivity contribution in [3.05, 3.63) is 35.9 Å². The van der Waals surface area contributed by atoms with Crippen molar-refractivity contribution in [2.24, 2.45) is 0 Å². The molecule has 2 aromatic heterocycles. The fourth-order valence-electron chi connectivity index (χ4n) is 3.09. The fourth-order valence-corrected chi connectivity index (χ4v) is 3.09. The normalized spacial score (nSPS) is 23.4. The van der Waals surface area contributed by atoms with Crippen molar-refractivity contribution < 1.29 is 14.3 Å². The molecule has 1 aliphatic heterocycles. The molecular formula is C17H22N4O3. The highest BCUT2D eigenvalue weighted by Gasteiger charge is 2.34. The van der Waals surface area contributed by atoms with Crippen molar-refractivity contribution >= 4 is 5.91 Å². The smallest absolute Gasteiger partial charge is 0.268 e. The van der Waals surface area contributed by atoms with Gasteiger partial charge in [-0.05, 0) is 37.3 Å². The number of amides is 1. The van der Waals surface area contributed by atoms with E-state index in [0.29, 0.717) is 30.6 Å². The molecule has 0 bridgehead atoms. The number of nitrogens with one attached hydrogen (secondary N) is 2. The summed E-state index contributed by atoms with van der Waals surface area (Å²) in [4.78, 5) is 15.7. The largest absolute Gasteiger partial charge is 0.482 e. The first-order valence-corrected chi connectivity index (χ1v) is 8.49. The number of ether oxygens (including phenoxy) is 2. The molecule has 128 valence electrons. The van der Waals surface area contributed by atoms with E-state index in [-0.39, 0.29) is 18.1 Å². The van der Waals surface area contributed by atoms with Crippen molar-refractivity contribution in [3.63, 3.8) is 0 Å². The highest BCUT2D eigenvalue weighted by molar-refractivity contribution is 5.94. The van der Waals surface area contributed by atoms with Crippen LogP contribution in [-0.4, -0.2) is 46.0 Å². The average molecular weight is 330 g/mol. The third kappa shape index (κ3) is 3.03. The van der Waals surface area contributed by atoms with Crippen molar-refractivity contribution in [2.45, 2.75) is 44.4 Å². The molecule has 0 radical (unpaired) electrons. The average Bonchev–Trinajstić information content (AvgIpc) is 3.01. The zero-order chi connectivity index (χ0) is 16.5. The van der Waals surface area contributed by atoms with E-state index in [4.69, 9.17) is 9.47 Å². The number of hydrogen-bond acceptors (Lipinski definition) is 4. The van der Waals surface area contributed by atoms with Gasteiger partial charge in [0, 0.05) is 12.7 Å². The molecule has 1 saturated heterocycles. The molecule has 3 heterocycles. The number of rotatable bonds is 6. The van der Waals surface area contributed by atoms with Gasteiger partial charge in [0.15, 0.2) is 5.75 Å². The predicted octanol–water partition coefficient (Wildman–Crippen LogP) is 1.68. The lowest BCUT2D eigenvalue weighted by Crippen LogP contribution is -2.45. The van der Waals surface area contributed by atoms with Crippen LogP contribution in [0.1, 0.15) is 41.7 Å². The minimum absolute atomic E-state index is 0.0877. The van der Waals surface area contributed by atoms with Crippen LogP contribution in [0.3, 0.4) is 0 Å². The SMILES string of the molecule is CCn1cc(O[C@@H]2COC[C@@H]2NC(=O)c2[nH]ccc2C2CC2)cn1. The van der Waals surface area contributed by atoms with E-state index in [0.717, 1.165) is 24.9 Å². The van der Waals surface area contributed by atoms with Crippen LogP contribution in [-0.2, 0) is 11.3 Å². The molecule has 0 aromatic carbocycles. The van der Waals surface area contributed by atoms with Gasteiger partial charge in [-0.1, -0.05) is 0 Å². The predicted molar refractivity (Wildman–Crippen MR) is 87.2 cm³/mol. The summed E-state index contributed by atoms with van der Waals surface area (Å²) in [6.45, 7) is 3.73. The van der Waals surface area contributed by atoms with Crippen LogP contribution in [0, 0.1) is 0 Å². The molecule has 1 saturated carbocycles. The van der Waals surface area contributed by atoms with Gasteiger partial charge >= 0.3 is 0 Å². The first-order chi connectivity index (χ1) is 11.7. The summed E-state index contributed by atoms with van der Waals surface area (Å²) in [5.41, 5.74) is 1.79. The van der Waals surface area contributed by atoms with Gasteiger partial charge in [0.05, 0.1) is 31.6 Å². The Kier molecular flexibility index (Phi) is 4.02. The number of aryl methyl sites for hydroxylation is 1. The van der Waals surface area contributed by atoms with Gasteiger partial charge in [-0.25, -0.2) is 0 Å². The number of aromatic amines is 1. The summed E-state index contributed by atoms with van der Waals surface area (Å²) in [5, 5.41) is 7.25. The number of hydrogen-bond donors (Lipinski definition) is 2. The zero-order valence-electron chi connectivity index (χ0n) is 13.7. The van der Waals surface area contributed by atoms with Crippen LogP contribution in [0.4, 0.5) is 0 Å². The Morgan fingerprint density at radius 1 is 1.50 bits per heavy atom. The topological polar surface area (TPSA) is 81.2 Å². The van der Waals surface area contributed by atoms with Gasteiger partial charge < -0.3 is 19.8 Å². The lowest BCUT2D eigenvalue weighted by atomic mass is 10.1. The van der Waals surface area contributed by atoms with E-state index >= 15 is 0 Å². The summed E-state index contributed by atoms with van der Waals surface area (Å²) in [6, 6.07) is 1.84. The molecule has 1 amide bonds. The van der Waals surface area contributed by atoms with Crippen LogP contribution in [0.2, 0.25) is 0 Å². The molecule has 2 aromatic rings. The Morgan fingerprint density at radius 3 is 3.12 bits per heavy atom. The summed E-state index contributed by atoms with van der Waals surface area (Å²) >= 11 is 0. The number of H-pyrrole nitrogens is 1. The second-order valence-electron chi connectivity index (χ2n) is 6.39. The molecule has 1 aliphatic carbocycles. The van der Waals surface area contributed by atoms with Crippen LogP contribution in [0.25, 0.3) is 0 Å². The van der Waals surface area contributed by atoms with Crippen LogP contribution in [0.5, 0.6) is 5.75 Å². The maximum absolute atomic E-state index is 12.6. The molecule has 0 unspecified atom stereocenters. The highest BCUT2D eigenvalue weighted by atomic mass is 16.5. The van der Waals surface area contributed by atoms with E-state index in [9.17, 15) is 4.79 Å². The Hall–Kier alpha value is -2.28. The highest BCUT2D eigenvalue weighted by Crippen LogP contribution is 2.41. The van der Waals surface area contributed by atoms with E-state index in [2.05, 4.69) is 15.4 Å². The van der Waals surface area contributed by atoms with E-state index < -0.39 is 0 Å². The molecule has 2 aliphatic rings. The number of nitrogens with zero attached hydrogens (tertiary/aromatic N) is 2. The minimum atomic E-state index is -0.206. The Morgan fingerprint density at radius 2 is 2.38 bits per heavy atom. The van der Waals surface area contributed by atoms with Gasteiger partial charge in [-0.3, -0.25) is 9.48 Å². The molecule has 0 spiro atoms. The summed E-state index contributed by atoms with van der Waals surface area (Å²) in [7, 11) is 0. The standard InChI is InChI=1S/C17H22N4O3/c1-2-21-8-12(7-19-21)24-15-10-23-9-14(15)20-17(22)16-13(5-6-18-16)11-3-4-11/h5-8,11,14-15,18H,2-4,9-10H2,1H3,(H,20,22)/t14-,15+/m0/s1. The second-order valence-corrected chi connectivity index (χ2v) is 6.39. The van der Waals surface area contributed by atoms with E-state index in [1.165, 1.54) is 0 Å². The maximum Gasteiger partial charge on any atom is 0.268 e. The van der Waals surface area contributed by atoms with Crippen molar-refractivity contribution in [3.8, 4) is 5.75 Å². The Balaban J connectivity index is 1.41. The first-order valence-electron chi connectivity index (χ1n) is 8.49. The molecule has 2 atom stereocenters.